The fourth-order valence-corrected chi connectivity index (χ4v) is 1.51. The highest BCUT2D eigenvalue weighted by molar-refractivity contribution is 7.86. The van der Waals surface area contributed by atoms with Gasteiger partial charge in [-0.05, 0) is 30.3 Å². The average molecular weight is 367 g/mol. The van der Waals surface area contributed by atoms with Gasteiger partial charge in [-0.25, -0.2) is 8.42 Å². The summed E-state index contributed by atoms with van der Waals surface area (Å²) >= 11 is 0. The average Bonchev–Trinajstić information content (AvgIpc) is 2.49. The first kappa shape index (κ1) is 19.8. The number of nitrogens with zero attached hydrogens (tertiary/aromatic N) is 1. The molecule has 2 aromatic rings. The molecule has 0 saturated heterocycles. The van der Waals surface area contributed by atoms with Gasteiger partial charge in [0.2, 0.25) is 0 Å². The lowest BCUT2D eigenvalue weighted by atomic mass is 10.2. The monoisotopic (exact) mass is 367 g/mol. The number of methoxy groups -OCH3 is 1. The van der Waals surface area contributed by atoms with Crippen LogP contribution in [0.3, 0.4) is 0 Å². The maximum atomic E-state index is 13.4. The van der Waals surface area contributed by atoms with Crippen molar-refractivity contribution >= 4 is 10.1 Å². The summed E-state index contributed by atoms with van der Waals surface area (Å²) in [6, 6.07) is 12.5. The number of ether oxygens (including phenoxy) is 1. The molecule has 0 radical (unpaired) electrons. The Morgan fingerprint density at radius 3 is 2.08 bits per heavy atom. The summed E-state index contributed by atoms with van der Waals surface area (Å²) in [5.41, 5.74) is -4.61. The SMILES string of the molecule is COc1ccc(C[n+]2ccccc2F)cc1.O=S(=O)([O-])C(F)(F)F. The second kappa shape index (κ2) is 8.06. The third-order valence-electron chi connectivity index (χ3n) is 2.68. The van der Waals surface area contributed by atoms with E-state index in [2.05, 4.69) is 0 Å². The van der Waals surface area contributed by atoms with E-state index in [1.807, 2.05) is 30.3 Å². The van der Waals surface area contributed by atoms with Gasteiger partial charge >= 0.3 is 11.5 Å². The van der Waals surface area contributed by atoms with Gasteiger partial charge in [0, 0.05) is 17.7 Å². The zero-order chi connectivity index (χ0) is 18.4. The molecule has 0 spiro atoms. The molecule has 0 saturated carbocycles. The van der Waals surface area contributed by atoms with Gasteiger partial charge < -0.3 is 9.29 Å². The first-order valence-electron chi connectivity index (χ1n) is 6.33. The molecule has 24 heavy (non-hydrogen) atoms. The lowest BCUT2D eigenvalue weighted by Crippen LogP contribution is -2.37. The molecule has 1 heterocycles. The minimum atomic E-state index is -6.09. The Morgan fingerprint density at radius 1 is 1.12 bits per heavy atom. The number of rotatable bonds is 3. The van der Waals surface area contributed by atoms with Crippen LogP contribution in [-0.4, -0.2) is 25.6 Å². The normalized spacial score (nSPS) is 11.4. The fourth-order valence-electron chi connectivity index (χ4n) is 1.51. The van der Waals surface area contributed by atoms with Crippen molar-refractivity contribution in [1.82, 2.24) is 0 Å². The summed E-state index contributed by atoms with van der Waals surface area (Å²) in [6.45, 7) is 0.524. The number of aromatic nitrogens is 1. The van der Waals surface area contributed by atoms with E-state index < -0.39 is 15.6 Å². The number of pyridine rings is 1. The van der Waals surface area contributed by atoms with E-state index in [-0.39, 0.29) is 5.95 Å². The van der Waals surface area contributed by atoms with E-state index >= 15 is 0 Å². The van der Waals surface area contributed by atoms with Crippen molar-refractivity contribution in [3.63, 3.8) is 0 Å². The molecule has 0 aliphatic heterocycles. The quantitative estimate of drug-likeness (QED) is 0.274. The Hall–Kier alpha value is -2.20. The zero-order valence-electron chi connectivity index (χ0n) is 12.3. The highest BCUT2D eigenvalue weighted by Gasteiger charge is 2.36. The molecular weight excluding hydrogens is 354 g/mol. The molecule has 0 amide bonds. The molecule has 0 fully saturated rings. The lowest BCUT2D eigenvalue weighted by Gasteiger charge is -2.08. The maximum Gasteiger partial charge on any atom is 0.485 e. The summed E-state index contributed by atoms with van der Waals surface area (Å²) in [6.07, 6.45) is 1.72. The van der Waals surface area contributed by atoms with Gasteiger partial charge in [-0.1, -0.05) is 0 Å². The molecule has 5 nitrogen and oxygen atoms in total. The maximum absolute atomic E-state index is 13.4. The number of hydrogen-bond acceptors (Lipinski definition) is 4. The van der Waals surface area contributed by atoms with Crippen LogP contribution in [0.15, 0.2) is 48.7 Å². The van der Waals surface area contributed by atoms with Gasteiger partial charge in [0.1, 0.15) is 5.75 Å². The van der Waals surface area contributed by atoms with E-state index in [9.17, 15) is 17.6 Å². The van der Waals surface area contributed by atoms with E-state index in [0.29, 0.717) is 6.54 Å². The molecule has 0 unspecified atom stereocenters. The molecule has 0 aliphatic rings. The van der Waals surface area contributed by atoms with Crippen LogP contribution in [0.4, 0.5) is 17.6 Å². The summed E-state index contributed by atoms with van der Waals surface area (Å²) in [7, 11) is -4.46. The molecule has 1 aromatic heterocycles. The van der Waals surface area contributed by atoms with Crippen LogP contribution in [0, 0.1) is 5.95 Å². The largest absolute Gasteiger partial charge is 0.741 e. The second-order valence-corrected chi connectivity index (χ2v) is 5.77. The van der Waals surface area contributed by atoms with Crippen LogP contribution in [0.5, 0.6) is 5.75 Å². The summed E-state index contributed by atoms with van der Waals surface area (Å²) in [5, 5.41) is 0. The summed E-state index contributed by atoms with van der Waals surface area (Å²) < 4.78 is 78.9. The first-order valence-corrected chi connectivity index (χ1v) is 7.74. The fraction of sp³-hybridized carbons (Fsp3) is 0.214. The molecule has 1 aromatic carbocycles. The Bertz CT molecular complexity index is 761. The molecule has 0 bridgehead atoms. The van der Waals surface area contributed by atoms with Gasteiger partial charge in [-0.15, -0.1) is 4.39 Å². The van der Waals surface area contributed by atoms with Crippen LogP contribution in [-0.2, 0) is 16.7 Å². The topological polar surface area (TPSA) is 70.3 Å². The molecule has 0 N–H and O–H groups in total. The molecule has 2 rings (SSSR count). The highest BCUT2D eigenvalue weighted by Crippen LogP contribution is 2.20. The lowest BCUT2D eigenvalue weighted by molar-refractivity contribution is -0.716. The van der Waals surface area contributed by atoms with Crippen molar-refractivity contribution in [2.75, 3.05) is 7.11 Å². The minimum absolute atomic E-state index is 0.238. The Morgan fingerprint density at radius 2 is 1.67 bits per heavy atom. The zero-order valence-corrected chi connectivity index (χ0v) is 13.1. The third kappa shape index (κ3) is 6.13. The van der Waals surface area contributed by atoms with Gasteiger partial charge in [0.25, 0.3) is 0 Å². The summed E-state index contributed by atoms with van der Waals surface area (Å²) in [5.74, 6) is 0.570. The first-order chi connectivity index (χ1) is 11.0. The van der Waals surface area contributed by atoms with Crippen LogP contribution < -0.4 is 9.30 Å². The van der Waals surface area contributed by atoms with E-state index in [1.54, 1.807) is 23.9 Å². The van der Waals surface area contributed by atoms with Crippen molar-refractivity contribution in [3.05, 3.63) is 60.2 Å². The van der Waals surface area contributed by atoms with Crippen molar-refractivity contribution in [3.8, 4) is 5.75 Å². The molecule has 10 heteroatoms. The van der Waals surface area contributed by atoms with E-state index in [0.717, 1.165) is 11.3 Å². The second-order valence-electron chi connectivity index (χ2n) is 4.40. The van der Waals surface area contributed by atoms with Gasteiger partial charge in [-0.3, -0.25) is 0 Å². The van der Waals surface area contributed by atoms with Gasteiger partial charge in [0.15, 0.2) is 22.9 Å². The van der Waals surface area contributed by atoms with Gasteiger partial charge in [-0.2, -0.15) is 17.7 Å². The van der Waals surface area contributed by atoms with Crippen LogP contribution in [0.25, 0.3) is 0 Å². The van der Waals surface area contributed by atoms with E-state index in [4.69, 9.17) is 17.7 Å². The van der Waals surface area contributed by atoms with Gasteiger partial charge in [0.05, 0.1) is 7.11 Å². The van der Waals surface area contributed by atoms with Crippen LogP contribution >= 0.6 is 0 Å². The third-order valence-corrected chi connectivity index (χ3v) is 3.25. The number of halogens is 4. The Balaban J connectivity index is 0.000000307. The Labute approximate surface area is 135 Å². The minimum Gasteiger partial charge on any atom is -0.741 e. The van der Waals surface area contributed by atoms with Crippen molar-refractivity contribution in [2.24, 2.45) is 0 Å². The molecule has 132 valence electrons. The van der Waals surface area contributed by atoms with Crippen LogP contribution in [0.2, 0.25) is 0 Å². The molecule has 0 aliphatic carbocycles. The summed E-state index contributed by atoms with van der Waals surface area (Å²) in [4.78, 5) is 0. The van der Waals surface area contributed by atoms with Crippen molar-refractivity contribution < 1.29 is 39.8 Å². The standard InChI is InChI=1S/C13H13FNO.CHF3O3S/c1-16-12-7-5-11(6-8-12)10-15-9-3-2-4-13(15)14;2-1(3,4)8(5,6)7/h2-9H,10H2,1H3;(H,5,6,7)/q+1;/p-1. The van der Waals surface area contributed by atoms with Crippen molar-refractivity contribution in [2.45, 2.75) is 12.1 Å². The smallest absolute Gasteiger partial charge is 0.485 e. The van der Waals surface area contributed by atoms with E-state index in [1.165, 1.54) is 6.07 Å². The molecule has 0 atom stereocenters. The van der Waals surface area contributed by atoms with Crippen LogP contribution in [0.1, 0.15) is 5.56 Å². The number of benzene rings is 1. The molecular formula is C14H13F4NO4S. The predicted molar refractivity (Wildman–Crippen MR) is 74.4 cm³/mol. The Kier molecular flexibility index (Phi) is 6.67. The predicted octanol–water partition coefficient (Wildman–Crippen LogP) is 2.22. The highest BCUT2D eigenvalue weighted by atomic mass is 32.2. The number of hydrogen-bond donors (Lipinski definition) is 0. The number of alkyl halides is 3. The van der Waals surface area contributed by atoms with Crippen molar-refractivity contribution in [1.29, 1.82) is 0 Å².